The van der Waals surface area contributed by atoms with E-state index in [-0.39, 0.29) is 36.0 Å². The van der Waals surface area contributed by atoms with Crippen LogP contribution in [0.3, 0.4) is 0 Å². The van der Waals surface area contributed by atoms with Crippen LogP contribution < -0.4 is 5.32 Å². The lowest BCUT2D eigenvalue weighted by Gasteiger charge is -2.10. The molecule has 0 radical (unpaired) electrons. The molecular weight excluding hydrogens is 318 g/mol. The highest BCUT2D eigenvalue weighted by molar-refractivity contribution is 7.91. The predicted octanol–water partition coefficient (Wildman–Crippen LogP) is 0.425. The van der Waals surface area contributed by atoms with Crippen molar-refractivity contribution in [1.29, 1.82) is 0 Å². The van der Waals surface area contributed by atoms with Crippen molar-refractivity contribution in [2.24, 2.45) is 0 Å². The van der Waals surface area contributed by atoms with Crippen molar-refractivity contribution < 1.29 is 13.2 Å². The van der Waals surface area contributed by atoms with Gasteiger partial charge in [-0.15, -0.1) is 0 Å². The van der Waals surface area contributed by atoms with Gasteiger partial charge in [-0.25, -0.2) is 8.42 Å². The van der Waals surface area contributed by atoms with Crippen molar-refractivity contribution in [1.82, 2.24) is 24.9 Å². The van der Waals surface area contributed by atoms with Crippen LogP contribution in [0.5, 0.6) is 0 Å². The summed E-state index contributed by atoms with van der Waals surface area (Å²) in [5.41, 5.74) is 2.51. The maximum Gasteiger partial charge on any atom is 0.241 e. The second-order valence-corrected chi connectivity index (χ2v) is 8.58. The van der Waals surface area contributed by atoms with Crippen LogP contribution in [0.15, 0.2) is 6.20 Å². The number of fused-ring (bicyclic) bond motifs is 1. The van der Waals surface area contributed by atoms with E-state index in [1.807, 2.05) is 25.5 Å². The van der Waals surface area contributed by atoms with Crippen LogP contribution in [-0.4, -0.2) is 51.4 Å². The van der Waals surface area contributed by atoms with E-state index in [2.05, 4.69) is 15.5 Å². The summed E-state index contributed by atoms with van der Waals surface area (Å²) < 4.78 is 26.3. The fraction of sp³-hybridized carbons (Fsp3) is 0.643. The SMILES string of the molecule is Cc1nn(C(C)C)c2cn(CC(=O)N[C@H]3CCS(=O)(=O)C3)nc12. The number of aryl methyl sites for hydroxylation is 1. The van der Waals surface area contributed by atoms with Gasteiger partial charge in [0, 0.05) is 12.1 Å². The van der Waals surface area contributed by atoms with Crippen molar-refractivity contribution in [3.05, 3.63) is 11.9 Å². The molecule has 1 aliphatic heterocycles. The third-order valence-electron chi connectivity index (χ3n) is 3.98. The highest BCUT2D eigenvalue weighted by atomic mass is 32.2. The van der Waals surface area contributed by atoms with E-state index in [1.54, 1.807) is 10.9 Å². The number of sulfone groups is 1. The Morgan fingerprint density at radius 1 is 1.43 bits per heavy atom. The molecule has 0 aliphatic carbocycles. The Kier molecular flexibility index (Phi) is 3.91. The minimum Gasteiger partial charge on any atom is -0.351 e. The molecule has 0 saturated carbocycles. The van der Waals surface area contributed by atoms with Gasteiger partial charge in [0.15, 0.2) is 9.84 Å². The van der Waals surface area contributed by atoms with E-state index >= 15 is 0 Å². The summed E-state index contributed by atoms with van der Waals surface area (Å²) in [5, 5.41) is 11.6. The molecule has 0 bridgehead atoms. The smallest absolute Gasteiger partial charge is 0.241 e. The van der Waals surface area contributed by atoms with Crippen LogP contribution in [0.2, 0.25) is 0 Å². The lowest BCUT2D eigenvalue weighted by atomic mass is 10.2. The lowest BCUT2D eigenvalue weighted by Crippen LogP contribution is -2.37. The zero-order valence-corrected chi connectivity index (χ0v) is 14.3. The maximum absolute atomic E-state index is 12.1. The molecule has 23 heavy (non-hydrogen) atoms. The van der Waals surface area contributed by atoms with Crippen LogP contribution >= 0.6 is 0 Å². The summed E-state index contributed by atoms with van der Waals surface area (Å²) in [6.45, 7) is 6.04. The molecule has 1 saturated heterocycles. The van der Waals surface area contributed by atoms with Crippen LogP contribution in [0, 0.1) is 6.92 Å². The van der Waals surface area contributed by atoms with Gasteiger partial charge in [-0.1, -0.05) is 0 Å². The fourth-order valence-corrected chi connectivity index (χ4v) is 4.58. The van der Waals surface area contributed by atoms with Gasteiger partial charge in [0.25, 0.3) is 0 Å². The van der Waals surface area contributed by atoms with Gasteiger partial charge in [0.05, 0.1) is 23.4 Å². The summed E-state index contributed by atoms with van der Waals surface area (Å²) in [4.78, 5) is 12.1. The molecule has 2 aromatic heterocycles. The molecule has 1 atom stereocenters. The number of hydrogen-bond acceptors (Lipinski definition) is 5. The summed E-state index contributed by atoms with van der Waals surface area (Å²) in [6, 6.07) is -0.0771. The predicted molar refractivity (Wildman–Crippen MR) is 85.8 cm³/mol. The first-order chi connectivity index (χ1) is 10.7. The van der Waals surface area contributed by atoms with Gasteiger partial charge < -0.3 is 5.32 Å². The second-order valence-electron chi connectivity index (χ2n) is 6.35. The second kappa shape index (κ2) is 5.63. The largest absolute Gasteiger partial charge is 0.351 e. The highest BCUT2D eigenvalue weighted by Crippen LogP contribution is 2.19. The monoisotopic (exact) mass is 339 g/mol. The van der Waals surface area contributed by atoms with E-state index < -0.39 is 9.84 Å². The summed E-state index contributed by atoms with van der Waals surface area (Å²) in [7, 11) is -3.00. The Morgan fingerprint density at radius 3 is 2.78 bits per heavy atom. The van der Waals surface area contributed by atoms with Crippen molar-refractivity contribution in [3.63, 3.8) is 0 Å². The summed E-state index contributed by atoms with van der Waals surface area (Å²) in [5.74, 6) is -0.0483. The Hall–Kier alpha value is -1.90. The Balaban J connectivity index is 1.72. The Morgan fingerprint density at radius 2 is 2.17 bits per heavy atom. The van der Waals surface area contributed by atoms with E-state index in [0.717, 1.165) is 16.7 Å². The third kappa shape index (κ3) is 3.24. The van der Waals surface area contributed by atoms with Gasteiger partial charge >= 0.3 is 0 Å². The molecule has 0 aromatic carbocycles. The number of carbonyl (C=O) groups excluding carboxylic acids is 1. The molecule has 8 nitrogen and oxygen atoms in total. The van der Waals surface area contributed by atoms with Crippen molar-refractivity contribution >= 4 is 26.8 Å². The van der Waals surface area contributed by atoms with Crippen LogP contribution in [0.4, 0.5) is 0 Å². The number of nitrogens with one attached hydrogen (secondary N) is 1. The number of rotatable bonds is 4. The quantitative estimate of drug-likeness (QED) is 0.871. The average Bonchev–Trinajstić information content (AvgIpc) is 3.06. The molecular formula is C14H21N5O3S. The molecule has 126 valence electrons. The zero-order chi connectivity index (χ0) is 16.8. The lowest BCUT2D eigenvalue weighted by molar-refractivity contribution is -0.122. The molecule has 1 amide bonds. The first-order valence-corrected chi connectivity index (χ1v) is 9.49. The molecule has 3 heterocycles. The Labute approximate surface area is 134 Å². The fourth-order valence-electron chi connectivity index (χ4n) is 2.90. The molecule has 2 aromatic rings. The van der Waals surface area contributed by atoms with Gasteiger partial charge in [-0.2, -0.15) is 10.2 Å². The minimum atomic E-state index is -3.00. The average molecular weight is 339 g/mol. The van der Waals surface area contributed by atoms with E-state index in [9.17, 15) is 13.2 Å². The first kappa shape index (κ1) is 16.0. The topological polar surface area (TPSA) is 98.9 Å². The third-order valence-corrected chi connectivity index (χ3v) is 5.75. The first-order valence-electron chi connectivity index (χ1n) is 7.67. The van der Waals surface area contributed by atoms with Crippen LogP contribution in [-0.2, 0) is 21.2 Å². The van der Waals surface area contributed by atoms with Crippen LogP contribution in [0.25, 0.3) is 11.0 Å². The number of aromatic nitrogens is 4. The van der Waals surface area contributed by atoms with Gasteiger partial charge in [0.1, 0.15) is 17.6 Å². The summed E-state index contributed by atoms with van der Waals surface area (Å²) in [6.07, 6.45) is 2.29. The van der Waals surface area contributed by atoms with Gasteiger partial charge in [-0.05, 0) is 27.2 Å². The minimum absolute atomic E-state index is 0.0290. The standard InChI is InChI=1S/C14H21N5O3S/c1-9(2)19-12-6-18(17-14(12)10(3)16-19)7-13(20)15-11-4-5-23(21,22)8-11/h6,9,11H,4-5,7-8H2,1-3H3,(H,15,20)/t11-/m0/s1. The van der Waals surface area contributed by atoms with Crippen molar-refractivity contribution in [3.8, 4) is 0 Å². The van der Waals surface area contributed by atoms with Crippen molar-refractivity contribution in [2.75, 3.05) is 11.5 Å². The maximum atomic E-state index is 12.1. The van der Waals surface area contributed by atoms with E-state index in [1.165, 1.54) is 0 Å². The number of hydrogen-bond donors (Lipinski definition) is 1. The van der Waals surface area contributed by atoms with Crippen molar-refractivity contribution in [2.45, 2.75) is 45.8 Å². The summed E-state index contributed by atoms with van der Waals surface area (Å²) >= 11 is 0. The molecule has 9 heteroatoms. The molecule has 1 fully saturated rings. The normalized spacial score (nSPS) is 20.4. The van der Waals surface area contributed by atoms with Gasteiger partial charge in [0.2, 0.25) is 5.91 Å². The molecule has 0 spiro atoms. The van der Waals surface area contributed by atoms with E-state index in [0.29, 0.717) is 6.42 Å². The molecule has 0 unspecified atom stereocenters. The van der Waals surface area contributed by atoms with E-state index in [4.69, 9.17) is 0 Å². The number of nitrogens with zero attached hydrogens (tertiary/aromatic N) is 4. The molecule has 3 rings (SSSR count). The molecule has 1 N–H and O–H groups in total. The van der Waals surface area contributed by atoms with Gasteiger partial charge in [-0.3, -0.25) is 14.2 Å². The number of carbonyl (C=O) groups is 1. The van der Waals surface area contributed by atoms with Crippen LogP contribution in [0.1, 0.15) is 32.0 Å². The highest BCUT2D eigenvalue weighted by Gasteiger charge is 2.29. The number of amides is 1. The zero-order valence-electron chi connectivity index (χ0n) is 13.5. The molecule has 1 aliphatic rings. The Bertz CT molecular complexity index is 849.